The van der Waals surface area contributed by atoms with Crippen molar-refractivity contribution in [1.29, 1.82) is 0 Å². The fourth-order valence-corrected chi connectivity index (χ4v) is 3.34. The molecule has 1 N–H and O–H groups in total. The summed E-state index contributed by atoms with van der Waals surface area (Å²) in [5.74, 6) is 0.553. The molecule has 106 valence electrons. The van der Waals surface area contributed by atoms with Crippen molar-refractivity contribution >= 4 is 22.3 Å². The number of rotatable bonds is 5. The Morgan fingerprint density at radius 3 is 2.79 bits per heavy atom. The molecule has 1 aliphatic rings. The van der Waals surface area contributed by atoms with Gasteiger partial charge in [0.25, 0.3) is 0 Å². The third kappa shape index (κ3) is 3.69. The highest BCUT2D eigenvalue weighted by Gasteiger charge is 2.23. The minimum atomic E-state index is -0.325. The third-order valence-electron chi connectivity index (χ3n) is 3.80. The maximum absolute atomic E-state index is 11.7. The number of hydrogen-bond acceptors (Lipinski definition) is 5. The predicted molar refractivity (Wildman–Crippen MR) is 77.7 cm³/mol. The quantitative estimate of drug-likeness (QED) is 0.837. The van der Waals surface area contributed by atoms with Crippen LogP contribution in [0.2, 0.25) is 0 Å². The van der Waals surface area contributed by atoms with E-state index in [1.165, 1.54) is 43.4 Å². The van der Waals surface area contributed by atoms with Gasteiger partial charge in [-0.2, -0.15) is 0 Å². The fourth-order valence-electron chi connectivity index (χ4n) is 2.59. The van der Waals surface area contributed by atoms with Gasteiger partial charge in [0.2, 0.25) is 0 Å². The van der Waals surface area contributed by atoms with Gasteiger partial charge < -0.3 is 10.1 Å². The van der Waals surface area contributed by atoms with Crippen LogP contribution in [0.25, 0.3) is 0 Å². The summed E-state index contributed by atoms with van der Waals surface area (Å²) < 4.78 is 5.02. The van der Waals surface area contributed by atoms with Gasteiger partial charge in [-0.25, -0.2) is 9.78 Å². The summed E-state index contributed by atoms with van der Waals surface area (Å²) in [6.45, 7) is 4.46. The van der Waals surface area contributed by atoms with Gasteiger partial charge in [-0.1, -0.05) is 13.3 Å². The van der Waals surface area contributed by atoms with E-state index < -0.39 is 0 Å². The molecule has 5 heteroatoms. The third-order valence-corrected chi connectivity index (χ3v) is 4.55. The van der Waals surface area contributed by atoms with Crippen LogP contribution in [0.5, 0.6) is 0 Å². The number of nitrogens with zero attached hydrogens (tertiary/aromatic N) is 1. The van der Waals surface area contributed by atoms with Crippen molar-refractivity contribution in [2.24, 2.45) is 5.92 Å². The van der Waals surface area contributed by atoms with Gasteiger partial charge in [-0.15, -0.1) is 11.3 Å². The summed E-state index contributed by atoms with van der Waals surface area (Å²) in [6.07, 6.45) is 6.20. The van der Waals surface area contributed by atoms with Gasteiger partial charge in [-0.3, -0.25) is 0 Å². The zero-order valence-electron chi connectivity index (χ0n) is 11.6. The second-order valence-corrected chi connectivity index (χ2v) is 5.88. The molecule has 0 spiro atoms. The Morgan fingerprint density at radius 2 is 2.16 bits per heavy atom. The highest BCUT2D eigenvalue weighted by atomic mass is 32.1. The lowest BCUT2D eigenvalue weighted by Crippen LogP contribution is -2.26. The molecule has 1 aromatic rings. The van der Waals surface area contributed by atoms with Crippen LogP contribution in [0.3, 0.4) is 0 Å². The zero-order valence-corrected chi connectivity index (χ0v) is 12.5. The van der Waals surface area contributed by atoms with Crippen LogP contribution in [0.1, 0.15) is 56.4 Å². The summed E-state index contributed by atoms with van der Waals surface area (Å²) >= 11 is 1.48. The second-order valence-electron chi connectivity index (χ2n) is 5.02. The molecule has 0 unspecified atom stereocenters. The van der Waals surface area contributed by atoms with E-state index in [1.54, 1.807) is 5.51 Å². The molecular weight excluding hydrogens is 260 g/mol. The standard InChI is InChI=1S/C14H22N2O2S/c1-3-10-5-7-11(8-6-10)16-13-12(15-9-19-13)14(17)18-4-2/h9-11,16H,3-8H2,1-2H3. The average molecular weight is 282 g/mol. The van der Waals surface area contributed by atoms with Crippen LogP contribution < -0.4 is 5.32 Å². The van der Waals surface area contributed by atoms with E-state index in [4.69, 9.17) is 4.74 Å². The van der Waals surface area contributed by atoms with Crippen LogP contribution in [-0.4, -0.2) is 23.6 Å². The summed E-state index contributed by atoms with van der Waals surface area (Å²) in [6, 6.07) is 0.469. The van der Waals surface area contributed by atoms with Gasteiger partial charge in [0.1, 0.15) is 5.00 Å². The Balaban J connectivity index is 1.93. The van der Waals surface area contributed by atoms with Gasteiger partial charge in [0.05, 0.1) is 12.1 Å². The Labute approximate surface area is 118 Å². The van der Waals surface area contributed by atoms with E-state index >= 15 is 0 Å². The molecule has 0 saturated heterocycles. The zero-order chi connectivity index (χ0) is 13.7. The molecule has 1 fully saturated rings. The highest BCUT2D eigenvalue weighted by Crippen LogP contribution is 2.30. The Hall–Kier alpha value is -1.10. The van der Waals surface area contributed by atoms with Crippen LogP contribution in [0, 0.1) is 5.92 Å². The first-order chi connectivity index (χ1) is 9.24. The van der Waals surface area contributed by atoms with Crippen LogP contribution in [0.4, 0.5) is 5.00 Å². The van der Waals surface area contributed by atoms with Crippen molar-refractivity contribution in [2.45, 2.75) is 52.0 Å². The molecule has 19 heavy (non-hydrogen) atoms. The monoisotopic (exact) mass is 282 g/mol. The number of carbonyl (C=O) groups is 1. The molecule has 2 rings (SSSR count). The van der Waals surface area contributed by atoms with E-state index in [-0.39, 0.29) is 5.97 Å². The van der Waals surface area contributed by atoms with Crippen molar-refractivity contribution < 1.29 is 9.53 Å². The SMILES string of the molecule is CCOC(=O)c1ncsc1NC1CCC(CC)CC1. The topological polar surface area (TPSA) is 51.2 Å². The molecule has 0 radical (unpaired) electrons. The average Bonchev–Trinajstić information content (AvgIpc) is 2.88. The van der Waals surface area contributed by atoms with E-state index in [2.05, 4.69) is 17.2 Å². The number of aromatic nitrogens is 1. The van der Waals surface area contributed by atoms with Crippen LogP contribution in [-0.2, 0) is 4.74 Å². The molecule has 4 nitrogen and oxygen atoms in total. The van der Waals surface area contributed by atoms with E-state index in [0.29, 0.717) is 18.3 Å². The number of esters is 1. The number of carbonyl (C=O) groups excluding carboxylic acids is 1. The number of thiazole rings is 1. The Kier molecular flexibility index (Phi) is 5.19. The molecule has 0 aromatic carbocycles. The first kappa shape index (κ1) is 14.3. The summed E-state index contributed by atoms with van der Waals surface area (Å²) in [4.78, 5) is 15.9. The fraction of sp³-hybridized carbons (Fsp3) is 0.714. The van der Waals surface area contributed by atoms with Crippen molar-refractivity contribution in [3.05, 3.63) is 11.2 Å². The molecule has 1 saturated carbocycles. The molecule has 0 amide bonds. The first-order valence-corrected chi connectivity index (χ1v) is 7.99. The minimum Gasteiger partial charge on any atom is -0.461 e. The molecule has 0 aliphatic heterocycles. The molecule has 1 heterocycles. The maximum atomic E-state index is 11.7. The molecular formula is C14H22N2O2S. The lowest BCUT2D eigenvalue weighted by molar-refractivity contribution is 0.0521. The summed E-state index contributed by atoms with van der Waals surface area (Å²) in [5.41, 5.74) is 2.14. The summed E-state index contributed by atoms with van der Waals surface area (Å²) in [5, 5.41) is 4.33. The summed E-state index contributed by atoms with van der Waals surface area (Å²) in [7, 11) is 0. The smallest absolute Gasteiger partial charge is 0.360 e. The van der Waals surface area contributed by atoms with E-state index in [0.717, 1.165) is 10.9 Å². The normalized spacial score (nSPS) is 23.1. The van der Waals surface area contributed by atoms with Gasteiger partial charge in [-0.05, 0) is 38.5 Å². The van der Waals surface area contributed by atoms with Crippen molar-refractivity contribution in [3.63, 3.8) is 0 Å². The predicted octanol–water partition coefficient (Wildman–Crippen LogP) is 3.70. The lowest BCUT2D eigenvalue weighted by atomic mass is 9.84. The minimum absolute atomic E-state index is 0.325. The van der Waals surface area contributed by atoms with Crippen molar-refractivity contribution in [3.8, 4) is 0 Å². The molecule has 1 aliphatic carbocycles. The van der Waals surface area contributed by atoms with Crippen LogP contribution in [0.15, 0.2) is 5.51 Å². The largest absolute Gasteiger partial charge is 0.461 e. The van der Waals surface area contributed by atoms with E-state index in [9.17, 15) is 4.79 Å². The van der Waals surface area contributed by atoms with Gasteiger partial charge >= 0.3 is 5.97 Å². The Morgan fingerprint density at radius 1 is 1.42 bits per heavy atom. The maximum Gasteiger partial charge on any atom is 0.360 e. The molecule has 0 atom stereocenters. The number of anilines is 1. The number of ether oxygens (including phenoxy) is 1. The molecule has 1 aromatic heterocycles. The number of nitrogens with one attached hydrogen (secondary N) is 1. The van der Waals surface area contributed by atoms with Crippen molar-refractivity contribution in [2.75, 3.05) is 11.9 Å². The van der Waals surface area contributed by atoms with Gasteiger partial charge in [0.15, 0.2) is 5.69 Å². The molecule has 0 bridgehead atoms. The van der Waals surface area contributed by atoms with Crippen molar-refractivity contribution in [1.82, 2.24) is 4.98 Å². The van der Waals surface area contributed by atoms with Crippen LogP contribution >= 0.6 is 11.3 Å². The van der Waals surface area contributed by atoms with Gasteiger partial charge in [0, 0.05) is 6.04 Å². The van der Waals surface area contributed by atoms with E-state index in [1.807, 2.05) is 6.92 Å². The highest BCUT2D eigenvalue weighted by molar-refractivity contribution is 7.14. The lowest BCUT2D eigenvalue weighted by Gasteiger charge is -2.28. The number of hydrogen-bond donors (Lipinski definition) is 1. The first-order valence-electron chi connectivity index (χ1n) is 7.11. The Bertz CT molecular complexity index is 411. The second kappa shape index (κ2) is 6.89.